The Morgan fingerprint density at radius 3 is 2.53 bits per heavy atom. The molecule has 0 fully saturated rings. The average Bonchev–Trinajstić information content (AvgIpc) is 2.27. The van der Waals surface area contributed by atoms with E-state index >= 15 is 0 Å². The Morgan fingerprint density at radius 1 is 1.32 bits per heavy atom. The van der Waals surface area contributed by atoms with Gasteiger partial charge in [0.15, 0.2) is 0 Å². The fourth-order valence-corrected chi connectivity index (χ4v) is 2.41. The van der Waals surface area contributed by atoms with Crippen LogP contribution in [0.3, 0.4) is 0 Å². The highest BCUT2D eigenvalue weighted by Gasteiger charge is 2.09. The van der Waals surface area contributed by atoms with Gasteiger partial charge >= 0.3 is 0 Å². The summed E-state index contributed by atoms with van der Waals surface area (Å²) in [4.78, 5) is 2.31. The third kappa shape index (κ3) is 6.41. The lowest BCUT2D eigenvalue weighted by Gasteiger charge is -2.23. The van der Waals surface area contributed by atoms with Crippen LogP contribution in [0, 0.1) is 0 Å². The van der Waals surface area contributed by atoms with Crippen molar-refractivity contribution < 1.29 is 4.74 Å². The van der Waals surface area contributed by atoms with Crippen LogP contribution in [0.4, 0.5) is 0 Å². The summed E-state index contributed by atoms with van der Waals surface area (Å²) in [6.45, 7) is 9.53. The van der Waals surface area contributed by atoms with E-state index < -0.39 is 0 Å². The number of benzene rings is 1. The van der Waals surface area contributed by atoms with E-state index in [9.17, 15) is 0 Å². The predicted octanol–water partition coefficient (Wildman–Crippen LogP) is 3.28. The fraction of sp³-hybridized carbons (Fsp3) is 0.600. The molecule has 0 aliphatic rings. The van der Waals surface area contributed by atoms with E-state index in [1.54, 1.807) is 7.11 Å². The molecular weight excluding hydrogens is 304 g/mol. The molecule has 0 spiro atoms. The van der Waals surface area contributed by atoms with Crippen molar-refractivity contribution in [2.75, 3.05) is 27.2 Å². The lowest BCUT2D eigenvalue weighted by Crippen LogP contribution is -2.40. The van der Waals surface area contributed by atoms with Gasteiger partial charge < -0.3 is 15.0 Å². The Kier molecular flexibility index (Phi) is 6.30. The molecule has 4 heteroatoms. The zero-order valence-electron chi connectivity index (χ0n) is 12.6. The van der Waals surface area contributed by atoms with E-state index in [0.29, 0.717) is 0 Å². The van der Waals surface area contributed by atoms with Crippen molar-refractivity contribution in [3.63, 3.8) is 0 Å². The number of hydrogen-bond acceptors (Lipinski definition) is 3. The second-order valence-corrected chi connectivity index (χ2v) is 6.74. The summed E-state index contributed by atoms with van der Waals surface area (Å²) >= 11 is 3.52. The van der Waals surface area contributed by atoms with E-state index in [0.717, 1.165) is 29.9 Å². The molecular formula is C15H25BrN2O. The van der Waals surface area contributed by atoms with Crippen LogP contribution in [-0.2, 0) is 6.54 Å². The molecule has 0 aliphatic heterocycles. The highest BCUT2D eigenvalue weighted by molar-refractivity contribution is 9.10. The van der Waals surface area contributed by atoms with E-state index in [-0.39, 0.29) is 5.54 Å². The molecule has 1 aromatic carbocycles. The van der Waals surface area contributed by atoms with E-state index in [1.807, 2.05) is 6.07 Å². The molecule has 1 N–H and O–H groups in total. The summed E-state index contributed by atoms with van der Waals surface area (Å²) in [5.74, 6) is 0.876. The summed E-state index contributed by atoms with van der Waals surface area (Å²) in [5, 5.41) is 3.50. The van der Waals surface area contributed by atoms with Crippen LogP contribution in [0.1, 0.15) is 26.3 Å². The molecule has 0 atom stereocenters. The number of halogens is 1. The van der Waals surface area contributed by atoms with Gasteiger partial charge in [-0.3, -0.25) is 0 Å². The highest BCUT2D eigenvalue weighted by atomic mass is 79.9. The molecule has 0 saturated heterocycles. The lowest BCUT2D eigenvalue weighted by molar-refractivity contribution is 0.303. The summed E-state index contributed by atoms with van der Waals surface area (Å²) in [6, 6.07) is 6.23. The average molecular weight is 329 g/mol. The number of nitrogens with zero attached hydrogens (tertiary/aromatic N) is 1. The van der Waals surface area contributed by atoms with Crippen LogP contribution in [0.25, 0.3) is 0 Å². The quantitative estimate of drug-likeness (QED) is 0.867. The zero-order valence-corrected chi connectivity index (χ0v) is 14.2. The zero-order chi connectivity index (χ0) is 14.5. The van der Waals surface area contributed by atoms with E-state index in [1.165, 1.54) is 5.56 Å². The van der Waals surface area contributed by atoms with Crippen LogP contribution in [0.5, 0.6) is 5.75 Å². The Morgan fingerprint density at radius 2 is 2.00 bits per heavy atom. The first-order chi connectivity index (χ1) is 8.81. The molecule has 0 saturated carbocycles. The largest absolute Gasteiger partial charge is 0.496 e. The Bertz CT molecular complexity index is 402. The van der Waals surface area contributed by atoms with Gasteiger partial charge in [-0.2, -0.15) is 0 Å². The van der Waals surface area contributed by atoms with E-state index in [2.05, 4.69) is 66.1 Å². The smallest absolute Gasteiger partial charge is 0.133 e. The minimum absolute atomic E-state index is 0.185. The van der Waals surface area contributed by atoms with Crippen molar-refractivity contribution in [1.29, 1.82) is 0 Å². The first-order valence-electron chi connectivity index (χ1n) is 6.58. The van der Waals surface area contributed by atoms with Gasteiger partial charge in [-0.1, -0.05) is 6.07 Å². The number of likely N-dealkylation sites (N-methyl/N-ethyl adjacent to an activating group) is 1. The minimum atomic E-state index is 0.185. The molecule has 108 valence electrons. The monoisotopic (exact) mass is 328 g/mol. The maximum atomic E-state index is 5.24. The van der Waals surface area contributed by atoms with Crippen LogP contribution in [0.2, 0.25) is 0 Å². The van der Waals surface area contributed by atoms with E-state index in [4.69, 9.17) is 4.74 Å². The molecule has 19 heavy (non-hydrogen) atoms. The van der Waals surface area contributed by atoms with Gasteiger partial charge in [0.25, 0.3) is 0 Å². The van der Waals surface area contributed by atoms with Gasteiger partial charge in [0.1, 0.15) is 5.75 Å². The Balaban J connectivity index is 2.44. The molecule has 0 amide bonds. The fourth-order valence-electron chi connectivity index (χ4n) is 1.82. The normalized spacial score (nSPS) is 11.9. The second-order valence-electron chi connectivity index (χ2n) is 5.88. The van der Waals surface area contributed by atoms with Gasteiger partial charge in [0.2, 0.25) is 0 Å². The highest BCUT2D eigenvalue weighted by Crippen LogP contribution is 2.25. The minimum Gasteiger partial charge on any atom is -0.496 e. The van der Waals surface area contributed by atoms with Crippen LogP contribution in [0.15, 0.2) is 22.7 Å². The third-order valence-electron chi connectivity index (χ3n) is 2.82. The SMILES string of the molecule is COc1ccc(CN(C)CCNC(C)(C)C)cc1Br. The van der Waals surface area contributed by atoms with Gasteiger partial charge in [-0.25, -0.2) is 0 Å². The lowest BCUT2D eigenvalue weighted by atomic mass is 10.1. The first-order valence-corrected chi connectivity index (χ1v) is 7.37. The number of hydrogen-bond donors (Lipinski definition) is 1. The van der Waals surface area contributed by atoms with Gasteiger partial charge in [-0.15, -0.1) is 0 Å². The van der Waals surface area contributed by atoms with Crippen molar-refractivity contribution in [2.24, 2.45) is 0 Å². The van der Waals surface area contributed by atoms with Crippen molar-refractivity contribution in [3.8, 4) is 5.75 Å². The molecule has 1 rings (SSSR count). The topological polar surface area (TPSA) is 24.5 Å². The molecule has 0 unspecified atom stereocenters. The standard InChI is InChI=1S/C15H25BrN2O/c1-15(2,3)17-8-9-18(4)11-12-6-7-14(19-5)13(16)10-12/h6-7,10,17H,8-9,11H2,1-5H3. The molecule has 0 aliphatic carbocycles. The van der Waals surface area contributed by atoms with Crippen molar-refractivity contribution in [1.82, 2.24) is 10.2 Å². The van der Waals surface area contributed by atoms with Gasteiger partial charge in [-0.05, 0) is 61.4 Å². The first kappa shape index (κ1) is 16.5. The number of nitrogens with one attached hydrogen (secondary N) is 1. The summed E-state index contributed by atoms with van der Waals surface area (Å²) in [5.41, 5.74) is 1.47. The molecule has 0 radical (unpaired) electrons. The molecule has 3 nitrogen and oxygen atoms in total. The molecule has 0 aromatic heterocycles. The van der Waals surface area contributed by atoms with Crippen molar-refractivity contribution in [2.45, 2.75) is 32.9 Å². The number of ether oxygens (including phenoxy) is 1. The third-order valence-corrected chi connectivity index (χ3v) is 3.44. The molecule has 0 bridgehead atoms. The summed E-state index contributed by atoms with van der Waals surface area (Å²) < 4.78 is 6.24. The van der Waals surface area contributed by atoms with Crippen molar-refractivity contribution in [3.05, 3.63) is 28.2 Å². The molecule has 0 heterocycles. The van der Waals surface area contributed by atoms with Crippen molar-refractivity contribution >= 4 is 15.9 Å². The number of methoxy groups -OCH3 is 1. The maximum absolute atomic E-state index is 5.24. The molecule has 1 aromatic rings. The summed E-state index contributed by atoms with van der Waals surface area (Å²) in [7, 11) is 3.83. The van der Waals surface area contributed by atoms with Gasteiger partial charge in [0.05, 0.1) is 11.6 Å². The maximum Gasteiger partial charge on any atom is 0.133 e. The summed E-state index contributed by atoms with van der Waals surface area (Å²) in [6.07, 6.45) is 0. The van der Waals surface area contributed by atoms with Crippen LogP contribution >= 0.6 is 15.9 Å². The van der Waals surface area contributed by atoms with Gasteiger partial charge in [0, 0.05) is 25.2 Å². The second kappa shape index (κ2) is 7.27. The number of rotatable bonds is 6. The predicted molar refractivity (Wildman–Crippen MR) is 84.8 cm³/mol. The van der Waals surface area contributed by atoms with Crippen LogP contribution in [-0.4, -0.2) is 37.7 Å². The Labute approximate surface area is 125 Å². The van der Waals surface area contributed by atoms with Crippen LogP contribution < -0.4 is 10.1 Å². The Hall–Kier alpha value is -0.580.